The largest absolute Gasteiger partial charge is 0.333 e. The molecule has 0 spiro atoms. The average molecular weight is 245 g/mol. The lowest BCUT2D eigenvalue weighted by Gasteiger charge is -2.55. The van der Waals surface area contributed by atoms with E-state index >= 15 is 0 Å². The van der Waals surface area contributed by atoms with Crippen LogP contribution < -0.4 is 0 Å². The van der Waals surface area contributed by atoms with Crippen LogP contribution in [0.3, 0.4) is 0 Å². The number of nitrogens with zero attached hydrogens (tertiary/aromatic N) is 1. The van der Waals surface area contributed by atoms with Gasteiger partial charge in [-0.2, -0.15) is 0 Å². The molecule has 3 nitrogen and oxygen atoms in total. The van der Waals surface area contributed by atoms with Gasteiger partial charge in [0.05, 0.1) is 5.54 Å². The van der Waals surface area contributed by atoms with Crippen LogP contribution >= 0.6 is 0 Å². The molecule has 1 aliphatic heterocycles. The van der Waals surface area contributed by atoms with E-state index in [2.05, 4.69) is 0 Å². The zero-order chi connectivity index (χ0) is 13.5. The summed E-state index contributed by atoms with van der Waals surface area (Å²) in [6, 6.07) is 9.18. The molecule has 2 rings (SSSR count). The van der Waals surface area contributed by atoms with Crippen molar-refractivity contribution >= 4 is 11.7 Å². The maximum atomic E-state index is 12.4. The van der Waals surface area contributed by atoms with E-state index < -0.39 is 11.5 Å². The third-order valence-electron chi connectivity index (χ3n) is 3.65. The van der Waals surface area contributed by atoms with Crippen LogP contribution in [0, 0.1) is 5.92 Å². The van der Waals surface area contributed by atoms with Gasteiger partial charge in [0.2, 0.25) is 5.91 Å². The number of amides is 1. The van der Waals surface area contributed by atoms with E-state index in [0.717, 1.165) is 0 Å². The minimum absolute atomic E-state index is 0.0520. The smallest absolute Gasteiger partial charge is 0.236 e. The molecule has 0 N–H and O–H groups in total. The van der Waals surface area contributed by atoms with Gasteiger partial charge in [0.25, 0.3) is 0 Å². The lowest BCUT2D eigenvalue weighted by Crippen LogP contribution is -2.71. The highest BCUT2D eigenvalue weighted by atomic mass is 16.2. The average Bonchev–Trinajstić information content (AvgIpc) is 2.28. The predicted molar refractivity (Wildman–Crippen MR) is 70.3 cm³/mol. The first-order valence-corrected chi connectivity index (χ1v) is 6.30. The number of carbonyl (C=O) groups is 2. The van der Waals surface area contributed by atoms with E-state index in [1.807, 2.05) is 45.9 Å². The minimum Gasteiger partial charge on any atom is -0.333 e. The van der Waals surface area contributed by atoms with Crippen LogP contribution in [0.25, 0.3) is 0 Å². The van der Waals surface area contributed by atoms with Crippen LogP contribution in [0.15, 0.2) is 30.3 Å². The van der Waals surface area contributed by atoms with Crippen molar-refractivity contribution in [1.29, 1.82) is 0 Å². The second kappa shape index (κ2) is 4.23. The van der Waals surface area contributed by atoms with Crippen molar-refractivity contribution in [1.82, 2.24) is 4.90 Å². The van der Waals surface area contributed by atoms with Crippen LogP contribution in [-0.4, -0.2) is 28.2 Å². The second-order valence-electron chi connectivity index (χ2n) is 5.62. The Morgan fingerprint density at radius 2 is 1.78 bits per heavy atom. The summed E-state index contributed by atoms with van der Waals surface area (Å²) in [7, 11) is 0. The molecule has 1 unspecified atom stereocenters. The van der Waals surface area contributed by atoms with Crippen molar-refractivity contribution in [3.63, 3.8) is 0 Å². The summed E-state index contributed by atoms with van der Waals surface area (Å²) in [4.78, 5) is 26.3. The Labute approximate surface area is 108 Å². The first-order valence-electron chi connectivity index (χ1n) is 6.30. The predicted octanol–water partition coefficient (Wildman–Crippen LogP) is 2.51. The fraction of sp³-hybridized carbons (Fsp3) is 0.467. The van der Waals surface area contributed by atoms with Gasteiger partial charge < -0.3 is 4.90 Å². The van der Waals surface area contributed by atoms with E-state index in [0.29, 0.717) is 5.56 Å². The third-order valence-corrected chi connectivity index (χ3v) is 3.65. The molecule has 1 atom stereocenters. The van der Waals surface area contributed by atoms with Crippen LogP contribution in [-0.2, 0) is 4.79 Å². The summed E-state index contributed by atoms with van der Waals surface area (Å²) < 4.78 is 0. The van der Waals surface area contributed by atoms with Gasteiger partial charge in [-0.3, -0.25) is 9.59 Å². The maximum absolute atomic E-state index is 12.4. The van der Waals surface area contributed by atoms with Crippen molar-refractivity contribution in [3.8, 4) is 0 Å². The summed E-state index contributed by atoms with van der Waals surface area (Å²) in [6.07, 6.45) is 0. The van der Waals surface area contributed by atoms with Crippen LogP contribution in [0.5, 0.6) is 0 Å². The van der Waals surface area contributed by atoms with Gasteiger partial charge >= 0.3 is 0 Å². The molecule has 0 bridgehead atoms. The van der Waals surface area contributed by atoms with Gasteiger partial charge in [0, 0.05) is 11.6 Å². The first-order chi connectivity index (χ1) is 8.37. The maximum Gasteiger partial charge on any atom is 0.236 e. The SMILES string of the molecule is CC(C)N1C(=O)C(C(=O)c2ccccc2)C1(C)C. The molecule has 1 saturated heterocycles. The highest BCUT2D eigenvalue weighted by Gasteiger charge is 2.58. The molecule has 18 heavy (non-hydrogen) atoms. The number of β-lactam (4-membered cyclic amide) rings is 1. The fourth-order valence-corrected chi connectivity index (χ4v) is 2.92. The molecule has 1 amide bonds. The third kappa shape index (κ3) is 1.74. The minimum atomic E-state index is -0.540. The van der Waals surface area contributed by atoms with E-state index in [4.69, 9.17) is 0 Å². The highest BCUT2D eigenvalue weighted by molar-refractivity contribution is 6.14. The Bertz CT molecular complexity index is 477. The molecule has 1 aliphatic rings. The quantitative estimate of drug-likeness (QED) is 0.466. The number of hydrogen-bond donors (Lipinski definition) is 0. The van der Waals surface area contributed by atoms with E-state index in [-0.39, 0.29) is 17.7 Å². The zero-order valence-corrected chi connectivity index (χ0v) is 11.3. The Kier molecular flexibility index (Phi) is 3.01. The van der Waals surface area contributed by atoms with Crippen molar-refractivity contribution in [2.45, 2.75) is 39.3 Å². The molecule has 0 aromatic heterocycles. The lowest BCUT2D eigenvalue weighted by molar-refractivity contribution is -0.166. The Balaban J connectivity index is 2.27. The molecule has 0 radical (unpaired) electrons. The van der Waals surface area contributed by atoms with Gasteiger partial charge in [-0.15, -0.1) is 0 Å². The molecular weight excluding hydrogens is 226 g/mol. The lowest BCUT2D eigenvalue weighted by atomic mass is 9.71. The monoisotopic (exact) mass is 245 g/mol. The van der Waals surface area contributed by atoms with E-state index in [1.165, 1.54) is 0 Å². The van der Waals surface area contributed by atoms with Crippen molar-refractivity contribution in [2.24, 2.45) is 5.92 Å². The Morgan fingerprint density at radius 3 is 2.22 bits per heavy atom. The number of likely N-dealkylation sites (tertiary alicyclic amines) is 1. The summed E-state index contributed by atoms with van der Waals surface area (Å²) in [5.74, 6) is -0.659. The molecular formula is C15H19NO2. The number of hydrogen-bond acceptors (Lipinski definition) is 2. The number of ketones is 1. The van der Waals surface area contributed by atoms with E-state index in [1.54, 1.807) is 17.0 Å². The fourth-order valence-electron chi connectivity index (χ4n) is 2.92. The molecule has 1 aromatic rings. The van der Waals surface area contributed by atoms with E-state index in [9.17, 15) is 9.59 Å². The Morgan fingerprint density at radius 1 is 1.22 bits per heavy atom. The van der Waals surface area contributed by atoms with Crippen molar-refractivity contribution < 1.29 is 9.59 Å². The summed E-state index contributed by atoms with van der Waals surface area (Å²) in [6.45, 7) is 7.87. The van der Waals surface area contributed by atoms with Crippen molar-refractivity contribution in [2.75, 3.05) is 0 Å². The van der Waals surface area contributed by atoms with Crippen LogP contribution in [0.4, 0.5) is 0 Å². The van der Waals surface area contributed by atoms with Gasteiger partial charge in [0.15, 0.2) is 5.78 Å². The standard InChI is InChI=1S/C15H19NO2/c1-10(2)16-14(18)12(15(16,3)4)13(17)11-8-6-5-7-9-11/h5-10,12H,1-4H3. The van der Waals surface area contributed by atoms with Crippen LogP contribution in [0.2, 0.25) is 0 Å². The molecule has 3 heteroatoms. The first kappa shape index (κ1) is 12.8. The van der Waals surface area contributed by atoms with Crippen molar-refractivity contribution in [3.05, 3.63) is 35.9 Å². The highest BCUT2D eigenvalue weighted by Crippen LogP contribution is 2.40. The molecule has 1 heterocycles. The normalized spacial score (nSPS) is 21.9. The number of benzene rings is 1. The molecule has 0 saturated carbocycles. The summed E-state index contributed by atoms with van der Waals surface area (Å²) in [5, 5.41) is 0. The van der Waals surface area contributed by atoms with Gasteiger partial charge in [-0.05, 0) is 27.7 Å². The summed E-state index contributed by atoms with van der Waals surface area (Å²) >= 11 is 0. The number of Topliss-reactive ketones (excluding diaryl/α,β-unsaturated/α-hetero) is 1. The molecule has 0 aliphatic carbocycles. The summed E-state index contributed by atoms with van der Waals surface area (Å²) in [5.41, 5.74) is 0.227. The second-order valence-corrected chi connectivity index (χ2v) is 5.62. The van der Waals surface area contributed by atoms with Gasteiger partial charge in [-0.25, -0.2) is 0 Å². The Hall–Kier alpha value is -1.64. The van der Waals surface area contributed by atoms with Crippen LogP contribution in [0.1, 0.15) is 38.1 Å². The zero-order valence-electron chi connectivity index (χ0n) is 11.3. The number of carbonyl (C=O) groups excluding carboxylic acids is 2. The topological polar surface area (TPSA) is 37.4 Å². The van der Waals surface area contributed by atoms with Gasteiger partial charge in [-0.1, -0.05) is 30.3 Å². The van der Waals surface area contributed by atoms with Gasteiger partial charge in [0.1, 0.15) is 5.92 Å². The molecule has 1 fully saturated rings. The number of rotatable bonds is 3. The molecule has 1 aromatic carbocycles. The molecule has 96 valence electrons.